The van der Waals surface area contributed by atoms with Gasteiger partial charge >= 0.3 is 0 Å². The van der Waals surface area contributed by atoms with Crippen molar-refractivity contribution >= 4 is 38.5 Å². The topological polar surface area (TPSA) is 119 Å². The molecule has 1 saturated heterocycles. The maximum atomic E-state index is 12.1. The molecule has 158 valence electrons. The summed E-state index contributed by atoms with van der Waals surface area (Å²) in [6.45, 7) is 4.73. The molecule has 0 spiro atoms. The number of nitrogens with zero attached hydrogens (tertiary/aromatic N) is 3. The zero-order valence-electron chi connectivity index (χ0n) is 16.9. The monoisotopic (exact) mass is 474 g/mol. The molecule has 3 rings (SSSR count). The summed E-state index contributed by atoms with van der Waals surface area (Å²) >= 11 is 3.47. The first kappa shape index (κ1) is 21.8. The Balaban J connectivity index is 1.96. The zero-order valence-corrected chi connectivity index (χ0v) is 18.4. The van der Waals surface area contributed by atoms with Crippen molar-refractivity contribution < 1.29 is 19.1 Å². The molecule has 1 unspecified atom stereocenters. The van der Waals surface area contributed by atoms with Gasteiger partial charge in [-0.15, -0.1) is 0 Å². The highest BCUT2D eigenvalue weighted by molar-refractivity contribution is 9.10. The third-order valence-electron chi connectivity index (χ3n) is 4.77. The number of halogens is 1. The van der Waals surface area contributed by atoms with Crippen molar-refractivity contribution in [2.45, 2.75) is 45.3 Å². The number of rotatable bonds is 6. The summed E-state index contributed by atoms with van der Waals surface area (Å²) in [6, 6.07) is 5.27. The molecular weight excluding hydrogens is 452 g/mol. The van der Waals surface area contributed by atoms with Gasteiger partial charge in [0.15, 0.2) is 0 Å². The minimum atomic E-state index is -0.586. The van der Waals surface area contributed by atoms with E-state index in [2.05, 4.69) is 20.9 Å². The highest BCUT2D eigenvalue weighted by atomic mass is 79.9. The maximum Gasteiger partial charge on any atom is 0.252 e. The second-order valence-electron chi connectivity index (χ2n) is 7.39. The Morgan fingerprint density at radius 3 is 2.83 bits per heavy atom. The standard InChI is InChI=1S/C21H23BrN4O4/c1-12(2)29-18-9-15-14(8-16(18)20(24)28)17(22)10-25-21(15)30-13-4-3-7-26(11-13)19(27)5-6-23/h8-10,12-13H,3-5,7,11H2,1-2H3,(H2,24,28). The highest BCUT2D eigenvalue weighted by Crippen LogP contribution is 2.36. The van der Waals surface area contributed by atoms with E-state index in [-0.39, 0.29) is 30.1 Å². The Morgan fingerprint density at radius 1 is 1.40 bits per heavy atom. The van der Waals surface area contributed by atoms with Gasteiger partial charge in [-0.05, 0) is 54.8 Å². The average molecular weight is 475 g/mol. The summed E-state index contributed by atoms with van der Waals surface area (Å²) in [5, 5.41) is 10.2. The van der Waals surface area contributed by atoms with E-state index < -0.39 is 5.91 Å². The molecule has 1 aromatic carbocycles. The van der Waals surface area contributed by atoms with E-state index in [1.807, 2.05) is 19.9 Å². The van der Waals surface area contributed by atoms with Gasteiger partial charge < -0.3 is 20.1 Å². The number of piperidine rings is 1. The van der Waals surface area contributed by atoms with Crippen LogP contribution in [0.5, 0.6) is 11.6 Å². The number of likely N-dealkylation sites (tertiary alicyclic amines) is 1. The molecule has 8 nitrogen and oxygen atoms in total. The number of nitriles is 1. The number of nitrogens with two attached hydrogens (primary N) is 1. The zero-order chi connectivity index (χ0) is 21.8. The summed E-state index contributed by atoms with van der Waals surface area (Å²) in [4.78, 5) is 30.1. The number of pyridine rings is 1. The van der Waals surface area contributed by atoms with Crippen LogP contribution in [0.1, 0.15) is 43.5 Å². The van der Waals surface area contributed by atoms with Crippen LogP contribution in [0.3, 0.4) is 0 Å². The molecule has 2 N–H and O–H groups in total. The van der Waals surface area contributed by atoms with Crippen molar-refractivity contribution in [1.82, 2.24) is 9.88 Å². The van der Waals surface area contributed by atoms with Gasteiger partial charge in [0.2, 0.25) is 11.8 Å². The van der Waals surface area contributed by atoms with Crippen molar-refractivity contribution in [1.29, 1.82) is 5.26 Å². The van der Waals surface area contributed by atoms with Gasteiger partial charge in [0, 0.05) is 28.0 Å². The maximum absolute atomic E-state index is 12.1. The van der Waals surface area contributed by atoms with Crippen LogP contribution in [0.15, 0.2) is 22.8 Å². The van der Waals surface area contributed by atoms with E-state index in [4.69, 9.17) is 20.5 Å². The lowest BCUT2D eigenvalue weighted by Crippen LogP contribution is -2.44. The SMILES string of the molecule is CC(C)Oc1cc2c(OC3CCCN(C(=O)CC#N)C3)ncc(Br)c2cc1C(N)=O. The molecule has 0 aliphatic carbocycles. The lowest BCUT2D eigenvalue weighted by Gasteiger charge is -2.32. The van der Waals surface area contributed by atoms with Gasteiger partial charge in [-0.3, -0.25) is 9.59 Å². The second kappa shape index (κ2) is 9.30. The number of ether oxygens (including phenoxy) is 2. The van der Waals surface area contributed by atoms with Crippen LogP contribution in [0.25, 0.3) is 10.8 Å². The quantitative estimate of drug-likeness (QED) is 0.686. The normalized spacial score (nSPS) is 16.4. The van der Waals surface area contributed by atoms with E-state index >= 15 is 0 Å². The fourth-order valence-corrected chi connectivity index (χ4v) is 3.88. The Bertz CT molecular complexity index is 1020. The predicted molar refractivity (Wildman–Crippen MR) is 114 cm³/mol. The number of hydrogen-bond acceptors (Lipinski definition) is 6. The number of hydrogen-bond donors (Lipinski definition) is 1. The molecule has 2 heterocycles. The van der Waals surface area contributed by atoms with Crippen LogP contribution in [0.2, 0.25) is 0 Å². The van der Waals surface area contributed by atoms with Crippen molar-refractivity contribution in [2.24, 2.45) is 5.73 Å². The summed E-state index contributed by atoms with van der Waals surface area (Å²) in [5.74, 6) is -0.0302. The molecule has 1 fully saturated rings. The van der Waals surface area contributed by atoms with Crippen LogP contribution >= 0.6 is 15.9 Å². The molecule has 9 heteroatoms. The Hall–Kier alpha value is -2.86. The smallest absolute Gasteiger partial charge is 0.252 e. The van der Waals surface area contributed by atoms with Crippen molar-refractivity contribution in [3.05, 3.63) is 28.4 Å². The van der Waals surface area contributed by atoms with Gasteiger partial charge in [-0.1, -0.05) is 0 Å². The third-order valence-corrected chi connectivity index (χ3v) is 5.40. The first-order chi connectivity index (χ1) is 14.3. The number of primary amides is 1. The van der Waals surface area contributed by atoms with Crippen LogP contribution in [0.4, 0.5) is 0 Å². The first-order valence-electron chi connectivity index (χ1n) is 9.70. The van der Waals surface area contributed by atoms with Crippen LogP contribution < -0.4 is 15.2 Å². The summed E-state index contributed by atoms with van der Waals surface area (Å²) in [7, 11) is 0. The number of fused-ring (bicyclic) bond motifs is 1. The fraction of sp³-hybridized carbons (Fsp3) is 0.429. The molecule has 0 bridgehead atoms. The molecule has 2 amide bonds. The number of carbonyl (C=O) groups excluding carboxylic acids is 2. The van der Waals surface area contributed by atoms with E-state index in [1.165, 1.54) is 0 Å². The van der Waals surface area contributed by atoms with E-state index in [0.29, 0.717) is 34.6 Å². The fourth-order valence-electron chi connectivity index (χ4n) is 3.44. The third kappa shape index (κ3) is 4.82. The minimum Gasteiger partial charge on any atom is -0.490 e. The van der Waals surface area contributed by atoms with Crippen LogP contribution in [-0.4, -0.2) is 47.0 Å². The Kier molecular flexibility index (Phi) is 6.77. The number of amides is 2. The second-order valence-corrected chi connectivity index (χ2v) is 8.25. The van der Waals surface area contributed by atoms with Gasteiger partial charge in [0.05, 0.1) is 24.3 Å². The largest absolute Gasteiger partial charge is 0.490 e. The van der Waals surface area contributed by atoms with Crippen molar-refractivity contribution in [2.75, 3.05) is 13.1 Å². The van der Waals surface area contributed by atoms with Crippen LogP contribution in [0, 0.1) is 11.3 Å². The van der Waals surface area contributed by atoms with Gasteiger partial charge in [-0.25, -0.2) is 4.98 Å². The molecule has 1 atom stereocenters. The average Bonchev–Trinajstić information content (AvgIpc) is 2.69. The van der Waals surface area contributed by atoms with E-state index in [9.17, 15) is 9.59 Å². The van der Waals surface area contributed by atoms with Gasteiger partial charge in [0.1, 0.15) is 18.3 Å². The lowest BCUT2D eigenvalue weighted by atomic mass is 10.1. The molecule has 1 aromatic heterocycles. The summed E-state index contributed by atoms with van der Waals surface area (Å²) in [5.41, 5.74) is 5.82. The van der Waals surface area contributed by atoms with E-state index in [0.717, 1.165) is 18.2 Å². The van der Waals surface area contributed by atoms with E-state index in [1.54, 1.807) is 23.2 Å². The molecule has 30 heavy (non-hydrogen) atoms. The number of aromatic nitrogens is 1. The Labute approximate surface area is 183 Å². The molecule has 1 aliphatic rings. The van der Waals surface area contributed by atoms with Gasteiger partial charge in [-0.2, -0.15) is 5.26 Å². The summed E-state index contributed by atoms with van der Waals surface area (Å²) in [6.07, 6.45) is 2.62. The molecular formula is C21H23BrN4O4. The Morgan fingerprint density at radius 2 is 2.17 bits per heavy atom. The first-order valence-corrected chi connectivity index (χ1v) is 10.5. The van der Waals surface area contributed by atoms with Crippen molar-refractivity contribution in [3.63, 3.8) is 0 Å². The molecule has 1 aliphatic heterocycles. The van der Waals surface area contributed by atoms with Crippen molar-refractivity contribution in [3.8, 4) is 17.7 Å². The summed E-state index contributed by atoms with van der Waals surface area (Å²) < 4.78 is 12.6. The number of carbonyl (C=O) groups is 2. The molecule has 0 saturated carbocycles. The number of benzene rings is 1. The molecule has 2 aromatic rings. The predicted octanol–water partition coefficient (Wildman–Crippen LogP) is 3.17. The van der Waals surface area contributed by atoms with Gasteiger partial charge in [0.25, 0.3) is 5.91 Å². The minimum absolute atomic E-state index is 0.141. The lowest BCUT2D eigenvalue weighted by molar-refractivity contribution is -0.132. The van der Waals surface area contributed by atoms with Crippen LogP contribution in [-0.2, 0) is 4.79 Å². The highest BCUT2D eigenvalue weighted by Gasteiger charge is 2.26. The molecule has 0 radical (unpaired) electrons.